The van der Waals surface area contributed by atoms with Crippen LogP contribution in [0.1, 0.15) is 34.6 Å². The predicted octanol–water partition coefficient (Wildman–Crippen LogP) is 1.92. The quantitative estimate of drug-likeness (QED) is 0.408. The molecule has 2 heterocycles. The maximum absolute atomic E-state index is 12.8. The van der Waals surface area contributed by atoms with Crippen LogP contribution in [0.2, 0.25) is 0 Å². The third-order valence-electron chi connectivity index (χ3n) is 6.30. The molecule has 2 aliphatic rings. The molecule has 194 valence electrons. The van der Waals surface area contributed by atoms with Crippen LogP contribution in [-0.2, 0) is 20.9 Å². The zero-order valence-corrected chi connectivity index (χ0v) is 20.6. The summed E-state index contributed by atoms with van der Waals surface area (Å²) in [6, 6.07) is 15.4. The van der Waals surface area contributed by atoms with Crippen LogP contribution in [0.25, 0.3) is 0 Å². The van der Waals surface area contributed by atoms with Gasteiger partial charge in [-0.25, -0.2) is 4.39 Å². The lowest BCUT2D eigenvalue weighted by molar-refractivity contribution is -0.123. The molecule has 9 heteroatoms. The Labute approximate surface area is 215 Å². The number of amides is 2. The van der Waals surface area contributed by atoms with Gasteiger partial charge in [-0.2, -0.15) is 0 Å². The first-order valence-electron chi connectivity index (χ1n) is 12.3. The molecule has 0 saturated carbocycles. The Hall–Kier alpha value is -3.87. The molecular weight excluding hydrogens is 475 g/mol. The molecule has 2 aromatic rings. The smallest absolute Gasteiger partial charge is 0.289 e. The number of nitrogens with zero attached hydrogens (tertiary/aromatic N) is 1. The lowest BCUT2D eigenvalue weighted by Gasteiger charge is -2.26. The zero-order valence-electron chi connectivity index (χ0n) is 20.6. The molecule has 2 aliphatic heterocycles. The molecule has 0 radical (unpaired) electrons. The summed E-state index contributed by atoms with van der Waals surface area (Å²) in [6.07, 6.45) is 0.0686. The van der Waals surface area contributed by atoms with Gasteiger partial charge in [-0.3, -0.25) is 14.5 Å². The number of morpholine rings is 1. The van der Waals surface area contributed by atoms with Crippen LogP contribution in [0.4, 0.5) is 4.39 Å². The van der Waals surface area contributed by atoms with Gasteiger partial charge in [-0.1, -0.05) is 36.1 Å². The molecule has 2 aromatic carbocycles. The SMILES string of the molecule is O=C1NCNC(C[C@H](C(=O)NCCF)c2ccc(C#Cc3ccc(CN4CCOCC4)cc3)cc2)=C1O. The minimum Gasteiger partial charge on any atom is -0.502 e. The second kappa shape index (κ2) is 12.9. The van der Waals surface area contributed by atoms with Crippen molar-refractivity contribution in [1.82, 2.24) is 20.9 Å². The van der Waals surface area contributed by atoms with Crippen LogP contribution in [0.3, 0.4) is 0 Å². The number of allylic oxidation sites excluding steroid dienone is 1. The first kappa shape index (κ1) is 26.2. The summed E-state index contributed by atoms with van der Waals surface area (Å²) >= 11 is 0. The van der Waals surface area contributed by atoms with Crippen molar-refractivity contribution in [1.29, 1.82) is 0 Å². The van der Waals surface area contributed by atoms with E-state index in [2.05, 4.69) is 44.8 Å². The van der Waals surface area contributed by atoms with Crippen LogP contribution in [0, 0.1) is 11.8 Å². The number of aliphatic hydroxyl groups excluding tert-OH is 1. The number of carbonyl (C=O) groups excluding carboxylic acids is 2. The maximum atomic E-state index is 12.8. The van der Waals surface area contributed by atoms with Gasteiger partial charge in [0.15, 0.2) is 0 Å². The predicted molar refractivity (Wildman–Crippen MR) is 137 cm³/mol. The largest absolute Gasteiger partial charge is 0.502 e. The van der Waals surface area contributed by atoms with Crippen LogP contribution >= 0.6 is 0 Å². The number of hydrogen-bond donors (Lipinski definition) is 4. The monoisotopic (exact) mass is 506 g/mol. The Balaban J connectivity index is 1.44. The van der Waals surface area contributed by atoms with Crippen molar-refractivity contribution in [3.63, 3.8) is 0 Å². The van der Waals surface area contributed by atoms with E-state index in [0.29, 0.717) is 5.56 Å². The number of carbonyl (C=O) groups is 2. The zero-order chi connectivity index (χ0) is 26.0. The first-order chi connectivity index (χ1) is 18.0. The number of rotatable bonds is 8. The van der Waals surface area contributed by atoms with Gasteiger partial charge in [0.2, 0.25) is 11.7 Å². The molecule has 4 N–H and O–H groups in total. The fourth-order valence-electron chi connectivity index (χ4n) is 4.22. The Morgan fingerprint density at radius 2 is 1.70 bits per heavy atom. The molecule has 1 fully saturated rings. The van der Waals surface area contributed by atoms with E-state index < -0.39 is 24.3 Å². The number of nitrogens with one attached hydrogen (secondary N) is 3. The minimum atomic E-state index is -0.719. The molecule has 0 unspecified atom stereocenters. The number of benzene rings is 2. The second-order valence-corrected chi connectivity index (χ2v) is 8.88. The molecule has 1 atom stereocenters. The summed E-state index contributed by atoms with van der Waals surface area (Å²) in [4.78, 5) is 26.9. The fourth-order valence-corrected chi connectivity index (χ4v) is 4.22. The van der Waals surface area contributed by atoms with E-state index in [-0.39, 0.29) is 31.2 Å². The van der Waals surface area contributed by atoms with Gasteiger partial charge >= 0.3 is 0 Å². The fraction of sp³-hybridized carbons (Fsp3) is 0.357. The molecule has 0 bridgehead atoms. The molecule has 0 aliphatic carbocycles. The lowest BCUT2D eigenvalue weighted by atomic mass is 9.91. The maximum Gasteiger partial charge on any atom is 0.289 e. The average Bonchev–Trinajstić information content (AvgIpc) is 2.93. The molecular formula is C28H31FN4O4. The van der Waals surface area contributed by atoms with E-state index >= 15 is 0 Å². The van der Waals surface area contributed by atoms with E-state index in [1.165, 1.54) is 5.56 Å². The summed E-state index contributed by atoms with van der Waals surface area (Å²) in [5.74, 6) is 4.15. The highest BCUT2D eigenvalue weighted by Gasteiger charge is 2.27. The number of hydrogen-bond acceptors (Lipinski definition) is 6. The van der Waals surface area contributed by atoms with Gasteiger partial charge in [0.05, 0.1) is 31.5 Å². The molecule has 8 nitrogen and oxygen atoms in total. The van der Waals surface area contributed by atoms with Crippen molar-refractivity contribution in [2.75, 3.05) is 46.2 Å². The van der Waals surface area contributed by atoms with Crippen molar-refractivity contribution >= 4 is 11.8 Å². The molecule has 0 aromatic heterocycles. The second-order valence-electron chi connectivity index (χ2n) is 8.88. The van der Waals surface area contributed by atoms with Gasteiger partial charge < -0.3 is 25.8 Å². The van der Waals surface area contributed by atoms with Gasteiger partial charge in [-0.05, 0) is 35.4 Å². The average molecular weight is 507 g/mol. The van der Waals surface area contributed by atoms with E-state index in [4.69, 9.17) is 4.74 Å². The third-order valence-corrected chi connectivity index (χ3v) is 6.30. The number of aliphatic hydroxyl groups is 1. The van der Waals surface area contributed by atoms with Crippen LogP contribution in [-0.4, -0.2) is 68.0 Å². The Morgan fingerprint density at radius 3 is 2.35 bits per heavy atom. The van der Waals surface area contributed by atoms with Gasteiger partial charge in [0, 0.05) is 43.7 Å². The summed E-state index contributed by atoms with van der Waals surface area (Å²) in [5, 5.41) is 18.0. The van der Waals surface area contributed by atoms with E-state index in [1.54, 1.807) is 12.1 Å². The van der Waals surface area contributed by atoms with E-state index in [0.717, 1.165) is 44.0 Å². The van der Waals surface area contributed by atoms with Crippen molar-refractivity contribution in [2.45, 2.75) is 18.9 Å². The summed E-state index contributed by atoms with van der Waals surface area (Å²) in [7, 11) is 0. The minimum absolute atomic E-state index is 0.0686. The van der Waals surface area contributed by atoms with Crippen LogP contribution in [0.5, 0.6) is 0 Å². The van der Waals surface area contributed by atoms with Crippen molar-refractivity contribution < 1.29 is 23.8 Å². The summed E-state index contributed by atoms with van der Waals surface area (Å²) in [5.41, 5.74) is 3.86. The third kappa shape index (κ3) is 7.32. The standard InChI is InChI=1S/C28H31FN4O4/c29-11-12-30-27(35)24(17-25-26(34)28(36)32-19-31-25)23-9-7-21(8-10-23)2-1-20-3-5-22(6-4-20)18-33-13-15-37-16-14-33/h3-10,24,31,34H,11-19H2,(H,30,35)(H,32,36)/t24-/m0/s1. The highest BCUT2D eigenvalue weighted by atomic mass is 19.1. The lowest BCUT2D eigenvalue weighted by Crippen LogP contribution is -2.42. The van der Waals surface area contributed by atoms with E-state index in [9.17, 15) is 19.1 Å². The van der Waals surface area contributed by atoms with Crippen LogP contribution < -0.4 is 16.0 Å². The van der Waals surface area contributed by atoms with Crippen molar-refractivity contribution in [3.05, 3.63) is 82.2 Å². The molecule has 4 rings (SSSR count). The number of halogens is 1. The highest BCUT2D eigenvalue weighted by Crippen LogP contribution is 2.25. The molecule has 2 amide bonds. The Kier molecular flexibility index (Phi) is 9.13. The molecule has 37 heavy (non-hydrogen) atoms. The normalized spacial score (nSPS) is 16.7. The number of alkyl halides is 1. The topological polar surface area (TPSA) is 103 Å². The number of ether oxygens (including phenoxy) is 1. The summed E-state index contributed by atoms with van der Waals surface area (Å²) < 4.78 is 18.0. The van der Waals surface area contributed by atoms with Gasteiger partial charge in [0.1, 0.15) is 6.67 Å². The Bertz CT molecular complexity index is 1180. The van der Waals surface area contributed by atoms with Crippen LogP contribution in [0.15, 0.2) is 60.0 Å². The van der Waals surface area contributed by atoms with Gasteiger partial charge in [0.25, 0.3) is 5.91 Å². The van der Waals surface area contributed by atoms with Crippen molar-refractivity contribution in [3.8, 4) is 11.8 Å². The highest BCUT2D eigenvalue weighted by molar-refractivity contribution is 5.92. The van der Waals surface area contributed by atoms with Gasteiger partial charge in [-0.15, -0.1) is 0 Å². The first-order valence-corrected chi connectivity index (χ1v) is 12.3. The Morgan fingerprint density at radius 1 is 1.05 bits per heavy atom. The van der Waals surface area contributed by atoms with E-state index in [1.807, 2.05) is 24.3 Å². The van der Waals surface area contributed by atoms with Crippen molar-refractivity contribution in [2.24, 2.45) is 0 Å². The molecule has 1 saturated heterocycles. The molecule has 0 spiro atoms. The summed E-state index contributed by atoms with van der Waals surface area (Å²) in [6.45, 7) is 3.70.